The van der Waals surface area contributed by atoms with E-state index < -0.39 is 0 Å². The predicted octanol–water partition coefficient (Wildman–Crippen LogP) is 4.12. The molecule has 2 aromatic carbocycles. The molecule has 0 fully saturated rings. The molecular weight excluding hydrogens is 392 g/mol. The molecule has 0 radical (unpaired) electrons. The zero-order valence-corrected chi connectivity index (χ0v) is 17.8. The molecule has 0 bridgehead atoms. The van der Waals surface area contributed by atoms with Crippen molar-refractivity contribution in [3.63, 3.8) is 0 Å². The Morgan fingerprint density at radius 1 is 1.03 bits per heavy atom. The van der Waals surface area contributed by atoms with Crippen molar-refractivity contribution in [1.82, 2.24) is 10.4 Å². The highest BCUT2D eigenvalue weighted by Crippen LogP contribution is 2.24. The van der Waals surface area contributed by atoms with Crippen molar-refractivity contribution in [2.45, 2.75) is 45.1 Å². The highest BCUT2D eigenvalue weighted by Gasteiger charge is 2.19. The minimum atomic E-state index is -0.335. The first-order chi connectivity index (χ1) is 15.2. The molecule has 0 aromatic heterocycles. The summed E-state index contributed by atoms with van der Waals surface area (Å²) in [6.45, 7) is 1.96. The quantitative estimate of drug-likeness (QED) is 0.261. The lowest BCUT2D eigenvalue weighted by Crippen LogP contribution is -2.34. The van der Waals surface area contributed by atoms with Gasteiger partial charge in [0.25, 0.3) is 0 Å². The van der Waals surface area contributed by atoms with Gasteiger partial charge in [-0.1, -0.05) is 49.2 Å². The molecule has 1 aliphatic heterocycles. The first-order valence-corrected chi connectivity index (χ1v) is 10.9. The molecule has 31 heavy (non-hydrogen) atoms. The first-order valence-electron chi connectivity index (χ1n) is 10.9. The summed E-state index contributed by atoms with van der Waals surface area (Å²) in [5.74, 6) is 0.561. The second-order valence-electron chi connectivity index (χ2n) is 7.73. The molecule has 6 nitrogen and oxygen atoms in total. The lowest BCUT2D eigenvalue weighted by molar-refractivity contribution is -0.129. The molecular formula is C25H30N2O4. The van der Waals surface area contributed by atoms with Crippen LogP contribution in [-0.2, 0) is 22.6 Å². The second-order valence-corrected chi connectivity index (χ2v) is 7.73. The third kappa shape index (κ3) is 7.26. The van der Waals surface area contributed by atoms with Crippen LogP contribution in [0.5, 0.6) is 5.75 Å². The van der Waals surface area contributed by atoms with Gasteiger partial charge in [0.2, 0.25) is 11.8 Å². The number of carbonyl (C=O) groups is 2. The molecule has 2 N–H and O–H groups in total. The molecule has 164 valence electrons. The number of nitrogens with zero attached hydrogens (tertiary/aromatic N) is 1. The average Bonchev–Trinajstić information content (AvgIpc) is 2.82. The number of nitrogens with one attached hydrogen (secondary N) is 1. The van der Waals surface area contributed by atoms with E-state index in [1.54, 1.807) is 11.6 Å². The number of carbonyl (C=O) groups excluding carboxylic acids is 2. The summed E-state index contributed by atoms with van der Waals surface area (Å²) >= 11 is 0. The molecule has 2 amide bonds. The fraction of sp³-hybridized carbons (Fsp3) is 0.360. The zero-order valence-electron chi connectivity index (χ0n) is 17.8. The highest BCUT2D eigenvalue weighted by molar-refractivity contribution is 5.91. The number of rotatable bonds is 10. The lowest BCUT2D eigenvalue weighted by atomic mass is 9.99. The SMILES string of the molecule is O=C(CCCCCCOc1ccc2c(c1)CCN(C(=O)/C=C/c1ccccc1)C2)NO. The van der Waals surface area contributed by atoms with Crippen LogP contribution in [0.3, 0.4) is 0 Å². The molecule has 6 heteroatoms. The van der Waals surface area contributed by atoms with E-state index in [1.165, 1.54) is 11.1 Å². The molecule has 2 aromatic rings. The number of benzene rings is 2. The Labute approximate surface area is 183 Å². The molecule has 1 aliphatic rings. The molecule has 0 saturated heterocycles. The van der Waals surface area contributed by atoms with Crippen LogP contribution >= 0.6 is 0 Å². The average molecular weight is 423 g/mol. The van der Waals surface area contributed by atoms with Crippen molar-refractivity contribution < 1.29 is 19.5 Å². The van der Waals surface area contributed by atoms with Gasteiger partial charge in [0.05, 0.1) is 6.61 Å². The molecule has 0 atom stereocenters. The van der Waals surface area contributed by atoms with Crippen LogP contribution in [0.15, 0.2) is 54.6 Å². The number of unbranched alkanes of at least 4 members (excludes halogenated alkanes) is 3. The third-order valence-corrected chi connectivity index (χ3v) is 5.41. The fourth-order valence-corrected chi connectivity index (χ4v) is 3.63. The highest BCUT2D eigenvalue weighted by atomic mass is 16.5. The van der Waals surface area contributed by atoms with Crippen LogP contribution in [0, 0.1) is 0 Å². The summed E-state index contributed by atoms with van der Waals surface area (Å²) in [7, 11) is 0. The van der Waals surface area contributed by atoms with Gasteiger partial charge in [0, 0.05) is 25.6 Å². The minimum Gasteiger partial charge on any atom is -0.494 e. The number of amides is 2. The Balaban J connectivity index is 1.41. The lowest BCUT2D eigenvalue weighted by Gasteiger charge is -2.28. The van der Waals surface area contributed by atoms with E-state index in [2.05, 4.69) is 12.1 Å². The standard InChI is InChI=1S/C25H30N2O4/c28-24(26-30)10-6-1-2-7-17-31-23-13-12-22-19-27(16-15-21(22)18-23)25(29)14-11-20-8-4-3-5-9-20/h3-5,8-9,11-14,18,30H,1-2,6-7,10,15-17,19H2,(H,26,28)/b14-11+. The van der Waals surface area contributed by atoms with Gasteiger partial charge in [-0.15, -0.1) is 0 Å². The summed E-state index contributed by atoms with van der Waals surface area (Å²) < 4.78 is 5.87. The van der Waals surface area contributed by atoms with Crippen LogP contribution in [0.4, 0.5) is 0 Å². The summed E-state index contributed by atoms with van der Waals surface area (Å²) in [5, 5.41) is 8.45. The van der Waals surface area contributed by atoms with Crippen LogP contribution in [-0.4, -0.2) is 35.1 Å². The first kappa shape index (κ1) is 22.6. The van der Waals surface area contributed by atoms with Crippen molar-refractivity contribution in [2.75, 3.05) is 13.2 Å². The topological polar surface area (TPSA) is 78.9 Å². The summed E-state index contributed by atoms with van der Waals surface area (Å²) in [5.41, 5.74) is 5.07. The van der Waals surface area contributed by atoms with E-state index in [0.717, 1.165) is 43.4 Å². The maximum atomic E-state index is 12.5. The number of hydrogen-bond donors (Lipinski definition) is 2. The van der Waals surface area contributed by atoms with Crippen LogP contribution in [0.25, 0.3) is 6.08 Å². The van der Waals surface area contributed by atoms with Crippen LogP contribution < -0.4 is 10.2 Å². The number of ether oxygens (including phenoxy) is 1. The summed E-state index contributed by atoms with van der Waals surface area (Å²) in [4.78, 5) is 25.3. The van der Waals surface area contributed by atoms with Crippen molar-refractivity contribution >= 4 is 17.9 Å². The van der Waals surface area contributed by atoms with Gasteiger partial charge in [0.15, 0.2) is 0 Å². The van der Waals surface area contributed by atoms with Crippen molar-refractivity contribution in [3.05, 3.63) is 71.3 Å². The van der Waals surface area contributed by atoms with E-state index >= 15 is 0 Å². The van der Waals surface area contributed by atoms with Gasteiger partial charge in [-0.3, -0.25) is 14.8 Å². The fourth-order valence-electron chi connectivity index (χ4n) is 3.63. The molecule has 1 heterocycles. The Bertz CT molecular complexity index is 896. The van der Waals surface area contributed by atoms with Crippen LogP contribution in [0.1, 0.15) is 48.8 Å². The van der Waals surface area contributed by atoms with Gasteiger partial charge >= 0.3 is 0 Å². The monoisotopic (exact) mass is 422 g/mol. The van der Waals surface area contributed by atoms with Gasteiger partial charge in [-0.05, 0) is 54.2 Å². The van der Waals surface area contributed by atoms with Gasteiger partial charge < -0.3 is 9.64 Å². The second kappa shape index (κ2) is 11.9. The van der Waals surface area contributed by atoms with Gasteiger partial charge in [-0.2, -0.15) is 0 Å². The maximum Gasteiger partial charge on any atom is 0.246 e. The van der Waals surface area contributed by atoms with Crippen molar-refractivity contribution in [1.29, 1.82) is 0 Å². The van der Waals surface area contributed by atoms with E-state index in [0.29, 0.717) is 26.1 Å². The van der Waals surface area contributed by atoms with Crippen molar-refractivity contribution in [3.8, 4) is 5.75 Å². The molecule has 0 spiro atoms. The van der Waals surface area contributed by atoms with Gasteiger partial charge in [-0.25, -0.2) is 5.48 Å². The number of hydroxylamine groups is 1. The Kier molecular flexibility index (Phi) is 8.67. The van der Waals surface area contributed by atoms with Gasteiger partial charge in [0.1, 0.15) is 5.75 Å². The van der Waals surface area contributed by atoms with Crippen molar-refractivity contribution in [2.24, 2.45) is 0 Å². The summed E-state index contributed by atoms with van der Waals surface area (Å²) in [6.07, 6.45) is 8.29. The molecule has 0 unspecified atom stereocenters. The maximum absolute atomic E-state index is 12.5. The smallest absolute Gasteiger partial charge is 0.246 e. The van der Waals surface area contributed by atoms with E-state index in [-0.39, 0.29) is 11.8 Å². The Morgan fingerprint density at radius 2 is 1.84 bits per heavy atom. The molecule has 0 aliphatic carbocycles. The predicted molar refractivity (Wildman–Crippen MR) is 120 cm³/mol. The Hall–Kier alpha value is -3.12. The number of hydrogen-bond acceptors (Lipinski definition) is 4. The Morgan fingerprint density at radius 3 is 2.65 bits per heavy atom. The van der Waals surface area contributed by atoms with E-state index in [4.69, 9.17) is 9.94 Å². The normalized spacial score (nSPS) is 13.1. The number of fused-ring (bicyclic) bond motifs is 1. The summed E-state index contributed by atoms with van der Waals surface area (Å²) in [6, 6.07) is 15.9. The molecule has 3 rings (SSSR count). The van der Waals surface area contributed by atoms with E-state index in [1.807, 2.05) is 47.4 Å². The molecule has 0 saturated carbocycles. The van der Waals surface area contributed by atoms with E-state index in [9.17, 15) is 9.59 Å². The third-order valence-electron chi connectivity index (χ3n) is 5.41. The zero-order chi connectivity index (χ0) is 21.9. The van der Waals surface area contributed by atoms with Crippen LogP contribution in [0.2, 0.25) is 0 Å². The largest absolute Gasteiger partial charge is 0.494 e. The minimum absolute atomic E-state index is 0.0336.